The van der Waals surface area contributed by atoms with Crippen LogP contribution in [-0.4, -0.2) is 24.5 Å². The Morgan fingerprint density at radius 2 is 1.82 bits per heavy atom. The average molecular weight is 445 g/mol. The molecule has 2 amide bonds. The number of nitrogens with zero attached hydrogens (tertiary/aromatic N) is 1. The standard InChI is InChI=1S/C27H28N2O4/c1-19-9-6-7-10-21(19)18-29-24-17-22(14-15-25(24)33-20(2)27(29)31)28-26(30)13-8-16-32-23-11-4-3-5-12-23/h3-7,9-12,14-15,17,20H,8,13,16,18H2,1-2H3,(H,28,30). The molecule has 6 heteroatoms. The Kier molecular flexibility index (Phi) is 6.93. The highest BCUT2D eigenvalue weighted by Crippen LogP contribution is 2.37. The zero-order valence-electron chi connectivity index (χ0n) is 18.9. The summed E-state index contributed by atoms with van der Waals surface area (Å²) in [5.74, 6) is 1.21. The first kappa shape index (κ1) is 22.4. The van der Waals surface area contributed by atoms with Gasteiger partial charge in [0.25, 0.3) is 5.91 Å². The molecule has 0 radical (unpaired) electrons. The van der Waals surface area contributed by atoms with E-state index in [-0.39, 0.29) is 11.8 Å². The van der Waals surface area contributed by atoms with Gasteiger partial charge >= 0.3 is 0 Å². The average Bonchev–Trinajstić information content (AvgIpc) is 2.82. The molecule has 0 fully saturated rings. The molecule has 33 heavy (non-hydrogen) atoms. The van der Waals surface area contributed by atoms with Crippen molar-refractivity contribution < 1.29 is 19.1 Å². The first-order chi connectivity index (χ1) is 16.0. The molecule has 1 N–H and O–H groups in total. The van der Waals surface area contributed by atoms with Crippen molar-refractivity contribution in [3.8, 4) is 11.5 Å². The van der Waals surface area contributed by atoms with Crippen molar-refractivity contribution in [1.82, 2.24) is 0 Å². The number of amides is 2. The smallest absolute Gasteiger partial charge is 0.268 e. The fourth-order valence-electron chi connectivity index (χ4n) is 3.77. The quantitative estimate of drug-likeness (QED) is 0.491. The van der Waals surface area contributed by atoms with Crippen LogP contribution in [0.25, 0.3) is 0 Å². The normalized spacial score (nSPS) is 14.9. The molecule has 3 aromatic rings. The zero-order chi connectivity index (χ0) is 23.2. The number of anilines is 2. The predicted octanol–water partition coefficient (Wildman–Crippen LogP) is 5.11. The number of nitrogens with one attached hydrogen (secondary N) is 1. The number of fused-ring (bicyclic) bond motifs is 1. The van der Waals surface area contributed by atoms with Crippen LogP contribution in [0.15, 0.2) is 72.8 Å². The monoisotopic (exact) mass is 444 g/mol. The Labute approximate surface area is 194 Å². The van der Waals surface area contributed by atoms with Gasteiger partial charge < -0.3 is 19.7 Å². The number of rotatable bonds is 8. The van der Waals surface area contributed by atoms with E-state index in [1.807, 2.05) is 61.5 Å². The molecule has 6 nitrogen and oxygen atoms in total. The Hall–Kier alpha value is -3.80. The molecule has 1 aliphatic rings. The molecule has 0 saturated carbocycles. The van der Waals surface area contributed by atoms with E-state index in [0.29, 0.717) is 43.1 Å². The largest absolute Gasteiger partial charge is 0.494 e. The van der Waals surface area contributed by atoms with Gasteiger partial charge in [0.05, 0.1) is 18.8 Å². The van der Waals surface area contributed by atoms with Crippen LogP contribution in [0.1, 0.15) is 30.9 Å². The minimum Gasteiger partial charge on any atom is -0.494 e. The van der Waals surface area contributed by atoms with Gasteiger partial charge in [0.1, 0.15) is 11.5 Å². The number of carbonyl (C=O) groups is 2. The van der Waals surface area contributed by atoms with Crippen LogP contribution in [0.5, 0.6) is 11.5 Å². The lowest BCUT2D eigenvalue weighted by Gasteiger charge is -2.33. The fourth-order valence-corrected chi connectivity index (χ4v) is 3.77. The molecule has 0 spiro atoms. The number of ether oxygens (including phenoxy) is 2. The molecule has 0 aromatic heterocycles. The molecule has 1 unspecified atom stereocenters. The van der Waals surface area contributed by atoms with E-state index in [0.717, 1.165) is 16.9 Å². The second-order valence-corrected chi connectivity index (χ2v) is 8.11. The van der Waals surface area contributed by atoms with E-state index < -0.39 is 6.10 Å². The van der Waals surface area contributed by atoms with Crippen LogP contribution in [0, 0.1) is 6.92 Å². The van der Waals surface area contributed by atoms with E-state index in [1.165, 1.54) is 0 Å². The van der Waals surface area contributed by atoms with Gasteiger partial charge in [-0.15, -0.1) is 0 Å². The maximum Gasteiger partial charge on any atom is 0.268 e. The molecule has 0 saturated heterocycles. The van der Waals surface area contributed by atoms with Gasteiger partial charge in [-0.05, 0) is 61.7 Å². The summed E-state index contributed by atoms with van der Waals surface area (Å²) in [7, 11) is 0. The third-order valence-corrected chi connectivity index (χ3v) is 5.60. The molecular weight excluding hydrogens is 416 g/mol. The number of hydrogen-bond acceptors (Lipinski definition) is 4. The zero-order valence-corrected chi connectivity index (χ0v) is 18.9. The summed E-state index contributed by atoms with van der Waals surface area (Å²) in [4.78, 5) is 27.1. The maximum atomic E-state index is 12.9. The number of benzene rings is 3. The van der Waals surface area contributed by atoms with Crippen LogP contribution < -0.4 is 19.7 Å². The summed E-state index contributed by atoms with van der Waals surface area (Å²) in [6, 6.07) is 22.9. The molecule has 170 valence electrons. The van der Waals surface area contributed by atoms with Gasteiger partial charge in [-0.3, -0.25) is 9.59 Å². The maximum absolute atomic E-state index is 12.9. The number of para-hydroxylation sites is 1. The number of hydrogen-bond donors (Lipinski definition) is 1. The van der Waals surface area contributed by atoms with Gasteiger partial charge in [0.15, 0.2) is 6.10 Å². The Balaban J connectivity index is 1.41. The Morgan fingerprint density at radius 1 is 1.06 bits per heavy atom. The molecular formula is C27H28N2O4. The number of carbonyl (C=O) groups excluding carboxylic acids is 2. The van der Waals surface area contributed by atoms with Crippen molar-refractivity contribution in [2.75, 3.05) is 16.8 Å². The molecule has 4 rings (SSSR count). The lowest BCUT2D eigenvalue weighted by Crippen LogP contribution is -2.44. The van der Waals surface area contributed by atoms with Crippen LogP contribution in [0.2, 0.25) is 0 Å². The van der Waals surface area contributed by atoms with Crippen molar-refractivity contribution in [3.05, 3.63) is 83.9 Å². The summed E-state index contributed by atoms with van der Waals surface area (Å²) in [5.41, 5.74) is 3.47. The second-order valence-electron chi connectivity index (χ2n) is 8.11. The highest BCUT2D eigenvalue weighted by atomic mass is 16.5. The summed E-state index contributed by atoms with van der Waals surface area (Å²) in [5, 5.41) is 2.92. The summed E-state index contributed by atoms with van der Waals surface area (Å²) >= 11 is 0. The molecule has 1 atom stereocenters. The lowest BCUT2D eigenvalue weighted by molar-refractivity contribution is -0.125. The molecule has 0 bridgehead atoms. The van der Waals surface area contributed by atoms with E-state index >= 15 is 0 Å². The highest BCUT2D eigenvalue weighted by Gasteiger charge is 2.32. The van der Waals surface area contributed by atoms with Crippen molar-refractivity contribution in [1.29, 1.82) is 0 Å². The Morgan fingerprint density at radius 3 is 2.61 bits per heavy atom. The van der Waals surface area contributed by atoms with E-state index in [1.54, 1.807) is 30.0 Å². The predicted molar refractivity (Wildman–Crippen MR) is 129 cm³/mol. The van der Waals surface area contributed by atoms with Crippen LogP contribution in [0.3, 0.4) is 0 Å². The van der Waals surface area contributed by atoms with Gasteiger partial charge in [-0.2, -0.15) is 0 Å². The van der Waals surface area contributed by atoms with Crippen molar-refractivity contribution >= 4 is 23.2 Å². The second kappa shape index (κ2) is 10.2. The SMILES string of the molecule is Cc1ccccc1CN1C(=O)C(C)Oc2ccc(NC(=O)CCCOc3ccccc3)cc21. The van der Waals surface area contributed by atoms with Gasteiger partial charge in [0.2, 0.25) is 5.91 Å². The summed E-state index contributed by atoms with van der Waals surface area (Å²) < 4.78 is 11.4. The van der Waals surface area contributed by atoms with Gasteiger partial charge in [0, 0.05) is 12.1 Å². The van der Waals surface area contributed by atoms with Gasteiger partial charge in [-0.1, -0.05) is 42.5 Å². The lowest BCUT2D eigenvalue weighted by atomic mass is 10.1. The summed E-state index contributed by atoms with van der Waals surface area (Å²) in [6.45, 7) is 4.69. The van der Waals surface area contributed by atoms with Crippen LogP contribution >= 0.6 is 0 Å². The fraction of sp³-hybridized carbons (Fsp3) is 0.259. The summed E-state index contributed by atoms with van der Waals surface area (Å²) in [6.07, 6.45) is 0.375. The molecule has 0 aliphatic carbocycles. The van der Waals surface area contributed by atoms with E-state index in [9.17, 15) is 9.59 Å². The van der Waals surface area contributed by atoms with Crippen molar-refractivity contribution in [2.24, 2.45) is 0 Å². The Bertz CT molecular complexity index is 1130. The van der Waals surface area contributed by atoms with Gasteiger partial charge in [-0.25, -0.2) is 0 Å². The first-order valence-electron chi connectivity index (χ1n) is 11.2. The van der Waals surface area contributed by atoms with E-state index in [2.05, 4.69) is 5.32 Å². The topological polar surface area (TPSA) is 67.9 Å². The van der Waals surface area contributed by atoms with Crippen molar-refractivity contribution in [3.63, 3.8) is 0 Å². The molecule has 1 heterocycles. The highest BCUT2D eigenvalue weighted by molar-refractivity contribution is 6.01. The third-order valence-electron chi connectivity index (χ3n) is 5.60. The minimum atomic E-state index is -0.563. The number of aryl methyl sites for hydroxylation is 1. The van der Waals surface area contributed by atoms with Crippen molar-refractivity contribution in [2.45, 2.75) is 39.3 Å². The first-order valence-corrected chi connectivity index (χ1v) is 11.2. The molecule has 1 aliphatic heterocycles. The third kappa shape index (κ3) is 5.52. The van der Waals surface area contributed by atoms with E-state index in [4.69, 9.17) is 9.47 Å². The molecule has 3 aromatic carbocycles. The van der Waals surface area contributed by atoms with Crippen LogP contribution in [0.4, 0.5) is 11.4 Å². The van der Waals surface area contributed by atoms with Crippen LogP contribution in [-0.2, 0) is 16.1 Å². The minimum absolute atomic E-state index is 0.103.